The van der Waals surface area contributed by atoms with Crippen molar-refractivity contribution in [2.75, 3.05) is 12.5 Å². The van der Waals surface area contributed by atoms with Gasteiger partial charge in [-0.05, 0) is 92.6 Å². The number of nitriles is 2. The molecule has 2 aliphatic rings. The summed E-state index contributed by atoms with van der Waals surface area (Å²) in [7, 11) is -9.07. The van der Waals surface area contributed by atoms with Gasteiger partial charge in [-0.1, -0.05) is 0 Å². The smallest absolute Gasteiger partial charge is 0.224 e. The number of halogens is 7. The van der Waals surface area contributed by atoms with Crippen molar-refractivity contribution in [3.8, 4) is 34.4 Å². The van der Waals surface area contributed by atoms with Gasteiger partial charge in [0.05, 0.1) is 11.1 Å². The van der Waals surface area contributed by atoms with Crippen LogP contribution in [0.4, 0.5) is 30.7 Å². The first-order chi connectivity index (χ1) is 23.6. The van der Waals surface area contributed by atoms with E-state index in [4.69, 9.17) is 13.1 Å². The summed E-state index contributed by atoms with van der Waals surface area (Å²) in [4.78, 5) is 3.59. The highest BCUT2D eigenvalue weighted by Gasteiger charge is 2.45. The molecule has 5 rings (SSSR count). The van der Waals surface area contributed by atoms with Crippen LogP contribution in [0, 0.1) is 59.1 Å². The molecule has 0 bridgehead atoms. The molecule has 258 valence electrons. The van der Waals surface area contributed by atoms with Crippen LogP contribution in [0.2, 0.25) is 0 Å². The quantitative estimate of drug-likeness (QED) is 0.190. The molecule has 3 aromatic rings. The third-order valence-electron chi connectivity index (χ3n) is 8.40. The third kappa shape index (κ3) is 5.84. The van der Waals surface area contributed by atoms with E-state index < -0.39 is 122 Å². The maximum Gasteiger partial charge on any atom is 0.523 e. The highest BCUT2D eigenvalue weighted by Crippen LogP contribution is 2.44. The van der Waals surface area contributed by atoms with Crippen LogP contribution in [-0.4, -0.2) is 35.5 Å². The van der Waals surface area contributed by atoms with Gasteiger partial charge < -0.3 is 0 Å². The summed E-state index contributed by atoms with van der Waals surface area (Å²) < 4.78 is 156. The molecule has 0 amide bonds. The normalized spacial score (nSPS) is 14.0. The number of sulfone groups is 2. The van der Waals surface area contributed by atoms with Crippen molar-refractivity contribution in [3.05, 3.63) is 114 Å². The average Bonchev–Trinajstić information content (AvgIpc) is 3.53. The van der Waals surface area contributed by atoms with Gasteiger partial charge in [0.2, 0.25) is 0 Å². The van der Waals surface area contributed by atoms with Gasteiger partial charge in [-0.3, -0.25) is 0 Å². The Kier molecular flexibility index (Phi) is 8.76. The lowest BCUT2D eigenvalue weighted by Gasteiger charge is -2.18. The molecule has 51 heavy (non-hydrogen) atoms. The molecule has 0 radical (unpaired) electrons. The molecule has 0 aromatic heterocycles. The van der Waals surface area contributed by atoms with Crippen LogP contribution in [0.3, 0.4) is 0 Å². The summed E-state index contributed by atoms with van der Waals surface area (Å²) in [5.41, 5.74) is -6.40. The van der Waals surface area contributed by atoms with Gasteiger partial charge in [-0.25, -0.2) is 34.4 Å². The molecule has 0 N–H and O–H groups in total. The van der Waals surface area contributed by atoms with Crippen molar-refractivity contribution in [2.24, 2.45) is 0 Å². The largest absolute Gasteiger partial charge is 0.523 e. The molecule has 0 atom stereocenters. The summed E-state index contributed by atoms with van der Waals surface area (Å²) in [6.07, 6.45) is -5.86. The number of nitrogens with zero attached hydrogens (tertiary/aromatic N) is 4. The molecule has 0 heterocycles. The molecule has 0 spiro atoms. The molecule has 8 nitrogen and oxygen atoms in total. The lowest BCUT2D eigenvalue weighted by Crippen LogP contribution is -2.27. The van der Waals surface area contributed by atoms with Crippen molar-refractivity contribution in [1.82, 2.24) is 0 Å². The van der Waals surface area contributed by atoms with E-state index >= 15 is 30.7 Å². The van der Waals surface area contributed by atoms with Gasteiger partial charge in [0, 0.05) is 18.9 Å². The molecule has 3 aromatic carbocycles. The predicted molar refractivity (Wildman–Crippen MR) is 167 cm³/mol. The topological polar surface area (TPSA) is 125 Å². The number of allylic oxidation sites excluding steroid dienone is 3. The van der Waals surface area contributed by atoms with E-state index in [9.17, 15) is 27.4 Å². The molecule has 0 unspecified atom stereocenters. The first-order valence-corrected chi connectivity index (χ1v) is 17.8. The Morgan fingerprint density at radius 3 is 1.45 bits per heavy atom. The average molecular weight is 743 g/mol. The second-order valence-electron chi connectivity index (χ2n) is 11.5. The van der Waals surface area contributed by atoms with Crippen LogP contribution in [-0.2, 0) is 32.5 Å². The fourth-order valence-electron chi connectivity index (χ4n) is 6.62. The molecule has 2 aliphatic carbocycles. The zero-order valence-electron chi connectivity index (χ0n) is 26.1. The Bertz CT molecular complexity index is 2700. The number of benzene rings is 3. The molecule has 0 fully saturated rings. The van der Waals surface area contributed by atoms with Crippen LogP contribution in [0.5, 0.6) is 0 Å². The van der Waals surface area contributed by atoms with Gasteiger partial charge in [0.25, 0.3) is 0 Å². The van der Waals surface area contributed by atoms with E-state index in [2.05, 4.69) is 9.69 Å². The summed E-state index contributed by atoms with van der Waals surface area (Å²) >= 11 is 0. The van der Waals surface area contributed by atoms with E-state index in [0.717, 1.165) is 0 Å². The maximum absolute atomic E-state index is 15.4. The Balaban J connectivity index is 2.20. The third-order valence-corrected chi connectivity index (χ3v) is 10.7. The minimum Gasteiger partial charge on any atom is -0.224 e. The van der Waals surface area contributed by atoms with E-state index in [1.54, 1.807) is 0 Å². The summed E-state index contributed by atoms with van der Waals surface area (Å²) in [5.74, 6) is -7.19. The second-order valence-corrected chi connectivity index (χ2v) is 15.4. The highest BCUT2D eigenvalue weighted by molar-refractivity contribution is 7.91. The van der Waals surface area contributed by atoms with E-state index in [1.807, 2.05) is 0 Å². The lowest BCUT2D eigenvalue weighted by molar-refractivity contribution is -0.0695. The van der Waals surface area contributed by atoms with E-state index in [0.29, 0.717) is 36.8 Å². The van der Waals surface area contributed by atoms with Crippen LogP contribution in [0.25, 0.3) is 43.1 Å². The van der Waals surface area contributed by atoms with Gasteiger partial charge >= 0.3 is 12.0 Å². The zero-order valence-corrected chi connectivity index (χ0v) is 27.7. The number of alkyl halides is 3. The molecular formula is C34H17F7N4O4S2. The molecule has 0 saturated carbocycles. The van der Waals surface area contributed by atoms with Gasteiger partial charge in [-0.15, -0.1) is 0 Å². The van der Waals surface area contributed by atoms with E-state index in [1.165, 1.54) is 19.1 Å². The lowest BCUT2D eigenvalue weighted by atomic mass is 9.86. The Hall–Kier alpha value is -5.75. The standard InChI is InChI=1S/C34H17F7N4O4S2/c1-14-18(33(44-2)45-3)10-20-26(14)27(15-6-22(35)31(23(36)7-15)50(4,46)47)21-11-19(17(12-42)13-43)30(34(39,40)41)29(21)28(20)16-8-24(37)32(25(38)9-16)51(5,48)49/h6-9H,10-11H2,1,4-5H3. The van der Waals surface area contributed by atoms with Gasteiger partial charge in [-0.2, -0.15) is 33.4 Å². The SMILES string of the molecule is [C-]#[N+]C([N+]#[C-])=C1Cc2c(-c3cc(F)c(S(C)(=O)=O)c(F)c3)c3c(c(-c4cc(F)c(S(C)(=O)=O)c(F)c4)c2=C1C)CC(=C(C#N)C#N)C=3C(F)(F)F. The minimum atomic E-state index is -5.41. The second kappa shape index (κ2) is 12.2. The first kappa shape index (κ1) is 36.5. The van der Waals surface area contributed by atoms with Crippen molar-refractivity contribution >= 4 is 30.8 Å². The Morgan fingerprint density at radius 1 is 0.725 bits per heavy atom. The summed E-state index contributed by atoms with van der Waals surface area (Å²) in [5, 5.41) is 18.3. The number of fused-ring (bicyclic) bond motifs is 2. The number of hydrogen-bond donors (Lipinski definition) is 0. The Morgan fingerprint density at radius 2 is 1.10 bits per heavy atom. The molecule has 0 saturated heterocycles. The maximum atomic E-state index is 15.4. The molecule has 0 aliphatic heterocycles. The Labute approximate surface area is 285 Å². The number of hydrogen-bond acceptors (Lipinski definition) is 6. The van der Waals surface area contributed by atoms with Crippen molar-refractivity contribution in [3.63, 3.8) is 0 Å². The van der Waals surface area contributed by atoms with Crippen LogP contribution < -0.4 is 10.4 Å². The van der Waals surface area contributed by atoms with Crippen LogP contribution in [0.1, 0.15) is 18.1 Å². The van der Waals surface area contributed by atoms with E-state index in [-0.39, 0.29) is 27.5 Å². The van der Waals surface area contributed by atoms with Crippen LogP contribution in [0.15, 0.2) is 56.6 Å². The van der Waals surface area contributed by atoms with Crippen molar-refractivity contribution < 1.29 is 47.6 Å². The number of rotatable bonds is 4. The summed E-state index contributed by atoms with van der Waals surface area (Å²) in [6.45, 7) is 16.3. The fraction of sp³-hybridized carbons (Fsp3) is 0.176. The zero-order chi connectivity index (χ0) is 38.1. The fourth-order valence-corrected chi connectivity index (χ4v) is 8.27. The minimum absolute atomic E-state index is 0.0273. The first-order valence-electron chi connectivity index (χ1n) is 14.0. The van der Waals surface area contributed by atoms with Crippen LogP contribution >= 0.6 is 0 Å². The summed E-state index contributed by atoms with van der Waals surface area (Å²) in [6, 6.07) is 4.77. The highest BCUT2D eigenvalue weighted by atomic mass is 32.2. The van der Waals surface area contributed by atoms with Gasteiger partial charge in [0.15, 0.2) is 19.7 Å². The molecule has 17 heteroatoms. The van der Waals surface area contributed by atoms with Crippen molar-refractivity contribution in [2.45, 2.75) is 35.7 Å². The van der Waals surface area contributed by atoms with Crippen molar-refractivity contribution in [1.29, 1.82) is 10.5 Å². The molecular weight excluding hydrogens is 726 g/mol. The predicted octanol–water partition coefficient (Wildman–Crippen LogP) is 5.77. The monoisotopic (exact) mass is 742 g/mol. The van der Waals surface area contributed by atoms with Gasteiger partial charge in [0.1, 0.15) is 63.9 Å².